The van der Waals surface area contributed by atoms with Gasteiger partial charge in [0.25, 0.3) is 5.91 Å². The van der Waals surface area contributed by atoms with Crippen LogP contribution in [0.5, 0.6) is 0 Å². The van der Waals surface area contributed by atoms with Crippen LogP contribution in [0, 0.1) is 12.7 Å². The minimum atomic E-state index is -0.288. The number of aryl methyl sites for hydroxylation is 2. The Bertz CT molecular complexity index is 601. The molecule has 1 aromatic heterocycles. The van der Waals surface area contributed by atoms with E-state index >= 15 is 0 Å². The fourth-order valence-electron chi connectivity index (χ4n) is 1.76. The van der Waals surface area contributed by atoms with E-state index < -0.39 is 0 Å². The van der Waals surface area contributed by atoms with Crippen molar-refractivity contribution >= 4 is 16.8 Å². The molecule has 4 nitrogen and oxygen atoms in total. The Morgan fingerprint density at radius 2 is 2.06 bits per heavy atom. The molecule has 0 saturated heterocycles. The fraction of sp³-hybridized carbons (Fsp3) is 0.333. The van der Waals surface area contributed by atoms with Crippen molar-refractivity contribution in [2.45, 2.75) is 6.92 Å². The van der Waals surface area contributed by atoms with Gasteiger partial charge in [-0.1, -0.05) is 0 Å². The summed E-state index contributed by atoms with van der Waals surface area (Å²) in [6.07, 6.45) is 0. The molecule has 0 unspecified atom stereocenters. The molecule has 0 saturated carbocycles. The number of fused-ring (bicyclic) bond motifs is 1. The third kappa shape index (κ3) is 1.77. The second kappa shape index (κ2) is 3.84. The molecule has 0 bridgehead atoms. The number of nitrogens with zero attached hydrogens (tertiary/aromatic N) is 3. The van der Waals surface area contributed by atoms with Crippen molar-refractivity contribution in [2.75, 3.05) is 14.1 Å². The molecule has 90 valence electrons. The van der Waals surface area contributed by atoms with E-state index in [9.17, 15) is 9.18 Å². The number of carbonyl (C=O) groups is 1. The van der Waals surface area contributed by atoms with E-state index in [1.54, 1.807) is 34.1 Å². The lowest BCUT2D eigenvalue weighted by molar-refractivity contribution is 0.0823. The number of amides is 1. The topological polar surface area (TPSA) is 38.1 Å². The molecule has 17 heavy (non-hydrogen) atoms. The number of hydrogen-bond donors (Lipinski definition) is 0. The van der Waals surface area contributed by atoms with Crippen molar-refractivity contribution in [1.29, 1.82) is 0 Å². The zero-order valence-electron chi connectivity index (χ0n) is 10.3. The van der Waals surface area contributed by atoms with E-state index in [1.807, 2.05) is 0 Å². The van der Waals surface area contributed by atoms with Crippen LogP contribution in [0.2, 0.25) is 0 Å². The maximum Gasteiger partial charge on any atom is 0.274 e. The van der Waals surface area contributed by atoms with Crippen LogP contribution in [-0.4, -0.2) is 34.7 Å². The lowest BCUT2D eigenvalue weighted by Gasteiger charge is -2.07. The van der Waals surface area contributed by atoms with E-state index in [-0.39, 0.29) is 11.7 Å². The molecule has 0 N–H and O–H groups in total. The molecular formula is C12H14FN3O. The molecule has 0 aliphatic heterocycles. The summed E-state index contributed by atoms with van der Waals surface area (Å²) in [5, 5.41) is 4.84. The van der Waals surface area contributed by atoms with Crippen molar-refractivity contribution in [1.82, 2.24) is 14.7 Å². The summed E-state index contributed by atoms with van der Waals surface area (Å²) in [5.41, 5.74) is 1.49. The minimum Gasteiger partial charge on any atom is -0.343 e. The van der Waals surface area contributed by atoms with Gasteiger partial charge in [0, 0.05) is 32.6 Å². The van der Waals surface area contributed by atoms with Gasteiger partial charge in [-0.2, -0.15) is 5.10 Å². The van der Waals surface area contributed by atoms with Gasteiger partial charge in [-0.15, -0.1) is 0 Å². The molecular weight excluding hydrogens is 221 g/mol. The second-order valence-corrected chi connectivity index (χ2v) is 4.29. The predicted octanol–water partition coefficient (Wildman–Crippen LogP) is 1.72. The minimum absolute atomic E-state index is 0.179. The van der Waals surface area contributed by atoms with Crippen molar-refractivity contribution < 1.29 is 9.18 Å². The van der Waals surface area contributed by atoms with Crippen LogP contribution >= 0.6 is 0 Å². The average Bonchev–Trinajstić information content (AvgIpc) is 2.56. The number of rotatable bonds is 1. The normalized spacial score (nSPS) is 10.9. The van der Waals surface area contributed by atoms with E-state index in [0.717, 1.165) is 0 Å². The smallest absolute Gasteiger partial charge is 0.274 e. The maximum absolute atomic E-state index is 13.5. The summed E-state index contributed by atoms with van der Waals surface area (Å²) in [5.74, 6) is -0.467. The fourth-order valence-corrected chi connectivity index (χ4v) is 1.76. The van der Waals surface area contributed by atoms with E-state index in [4.69, 9.17) is 0 Å². The summed E-state index contributed by atoms with van der Waals surface area (Å²) in [6.45, 7) is 1.67. The Kier molecular flexibility index (Phi) is 2.61. The quantitative estimate of drug-likeness (QED) is 0.755. The monoisotopic (exact) mass is 235 g/mol. The number of benzene rings is 1. The van der Waals surface area contributed by atoms with Crippen LogP contribution in [0.4, 0.5) is 4.39 Å². The first-order valence-electron chi connectivity index (χ1n) is 5.26. The van der Waals surface area contributed by atoms with Gasteiger partial charge in [-0.25, -0.2) is 4.39 Å². The van der Waals surface area contributed by atoms with Crippen LogP contribution < -0.4 is 0 Å². The van der Waals surface area contributed by atoms with Crippen LogP contribution in [-0.2, 0) is 7.05 Å². The Morgan fingerprint density at radius 3 is 2.65 bits per heavy atom. The van der Waals surface area contributed by atoms with Crippen molar-refractivity contribution in [3.63, 3.8) is 0 Å². The van der Waals surface area contributed by atoms with Gasteiger partial charge in [-0.05, 0) is 18.6 Å². The molecule has 0 atom stereocenters. The van der Waals surface area contributed by atoms with Crippen LogP contribution in [0.1, 0.15) is 16.1 Å². The Balaban J connectivity index is 2.74. The highest BCUT2D eigenvalue weighted by Crippen LogP contribution is 2.22. The third-order valence-electron chi connectivity index (χ3n) is 2.74. The molecule has 0 aliphatic carbocycles. The maximum atomic E-state index is 13.5. The highest BCUT2D eigenvalue weighted by atomic mass is 19.1. The lowest BCUT2D eigenvalue weighted by Crippen LogP contribution is -2.22. The first-order valence-corrected chi connectivity index (χ1v) is 5.26. The van der Waals surface area contributed by atoms with Gasteiger partial charge in [-0.3, -0.25) is 9.48 Å². The average molecular weight is 235 g/mol. The number of halogens is 1. The summed E-state index contributed by atoms with van der Waals surface area (Å²) >= 11 is 0. The number of aromatic nitrogens is 2. The van der Waals surface area contributed by atoms with E-state index in [2.05, 4.69) is 5.10 Å². The number of hydrogen-bond acceptors (Lipinski definition) is 2. The molecule has 0 spiro atoms. The lowest BCUT2D eigenvalue weighted by atomic mass is 10.1. The zero-order valence-corrected chi connectivity index (χ0v) is 10.3. The van der Waals surface area contributed by atoms with Gasteiger partial charge < -0.3 is 4.90 Å². The summed E-state index contributed by atoms with van der Waals surface area (Å²) in [4.78, 5) is 13.4. The van der Waals surface area contributed by atoms with Gasteiger partial charge in [0.1, 0.15) is 5.82 Å². The largest absolute Gasteiger partial charge is 0.343 e. The zero-order chi connectivity index (χ0) is 12.7. The first kappa shape index (κ1) is 11.6. The highest BCUT2D eigenvalue weighted by Gasteiger charge is 2.18. The Labute approximate surface area is 98.6 Å². The molecule has 0 aliphatic rings. The molecule has 5 heteroatoms. The second-order valence-electron chi connectivity index (χ2n) is 4.29. The van der Waals surface area contributed by atoms with Crippen LogP contribution in [0.25, 0.3) is 10.9 Å². The van der Waals surface area contributed by atoms with Crippen LogP contribution in [0.3, 0.4) is 0 Å². The van der Waals surface area contributed by atoms with Crippen molar-refractivity contribution in [2.24, 2.45) is 7.05 Å². The standard InChI is InChI=1S/C12H14FN3O/c1-7-5-8-10(6-9(7)13)16(4)14-11(8)12(17)15(2)3/h5-6H,1-4H3. The Hall–Kier alpha value is -1.91. The molecule has 0 radical (unpaired) electrons. The Morgan fingerprint density at radius 1 is 1.41 bits per heavy atom. The van der Waals surface area contributed by atoms with E-state index in [0.29, 0.717) is 22.2 Å². The molecule has 1 aromatic carbocycles. The number of carbonyl (C=O) groups excluding carboxylic acids is 1. The van der Waals surface area contributed by atoms with Crippen LogP contribution in [0.15, 0.2) is 12.1 Å². The SMILES string of the molecule is Cc1cc2c(C(=O)N(C)C)nn(C)c2cc1F. The molecule has 1 amide bonds. The van der Waals surface area contributed by atoms with Crippen molar-refractivity contribution in [3.05, 3.63) is 29.2 Å². The molecule has 2 rings (SSSR count). The van der Waals surface area contributed by atoms with Gasteiger partial charge in [0.2, 0.25) is 0 Å². The van der Waals surface area contributed by atoms with Gasteiger partial charge >= 0.3 is 0 Å². The third-order valence-corrected chi connectivity index (χ3v) is 2.74. The highest BCUT2D eigenvalue weighted by molar-refractivity contribution is 6.04. The van der Waals surface area contributed by atoms with Gasteiger partial charge in [0.05, 0.1) is 5.52 Å². The first-order chi connectivity index (χ1) is 7.91. The van der Waals surface area contributed by atoms with Crippen molar-refractivity contribution in [3.8, 4) is 0 Å². The molecule has 0 fully saturated rings. The van der Waals surface area contributed by atoms with Gasteiger partial charge in [0.15, 0.2) is 5.69 Å². The summed E-state index contributed by atoms with van der Waals surface area (Å²) < 4.78 is 15.0. The predicted molar refractivity (Wildman–Crippen MR) is 63.4 cm³/mol. The summed E-state index contributed by atoms with van der Waals surface area (Å²) in [6, 6.07) is 3.07. The molecule has 2 aromatic rings. The summed E-state index contributed by atoms with van der Waals surface area (Å²) in [7, 11) is 5.03. The molecule has 1 heterocycles. The van der Waals surface area contributed by atoms with E-state index in [1.165, 1.54) is 15.6 Å².